The molecule has 10 heteroatoms. The van der Waals surface area contributed by atoms with Crippen molar-refractivity contribution < 1.29 is 32.6 Å². The first-order valence-electron chi connectivity index (χ1n) is 8.12. The Morgan fingerprint density at radius 2 is 1.86 bits per heavy atom. The Morgan fingerprint density at radius 3 is 2.38 bits per heavy atom. The fraction of sp³-hybridized carbons (Fsp3) is 0.263. The van der Waals surface area contributed by atoms with E-state index in [1.54, 1.807) is 11.3 Å². The van der Waals surface area contributed by atoms with E-state index in [9.17, 15) is 22.8 Å². The molecule has 0 fully saturated rings. The van der Waals surface area contributed by atoms with Gasteiger partial charge in [0.15, 0.2) is 0 Å². The van der Waals surface area contributed by atoms with Crippen LogP contribution in [0.1, 0.15) is 30.7 Å². The molecule has 0 saturated carbocycles. The fourth-order valence-corrected chi connectivity index (χ4v) is 3.43. The second-order valence-corrected chi connectivity index (χ2v) is 7.71. The lowest BCUT2D eigenvalue weighted by Crippen LogP contribution is -2.22. The van der Waals surface area contributed by atoms with Crippen LogP contribution in [0.4, 0.5) is 13.2 Å². The minimum atomic E-state index is -4.83. The fourth-order valence-electron chi connectivity index (χ4n) is 1.72. The molecule has 0 aliphatic rings. The standard InChI is InChI=1S/C16H15NO2S2.C3H3F3O2/c1-12(11-15(18)19)17-21-16-10-9-14(20-16)8-7-13-5-3-2-4-6-13;1-2(7)8-3(4,5)6/h2-6,9-10,12,17H,11H2,1H3,(H,18,19);1H3. The topological polar surface area (TPSA) is 75.6 Å². The summed E-state index contributed by atoms with van der Waals surface area (Å²) in [5.74, 6) is 4.11. The number of rotatable bonds is 5. The summed E-state index contributed by atoms with van der Waals surface area (Å²) in [4.78, 5) is 21.1. The molecule has 0 amide bonds. The molecule has 0 saturated heterocycles. The number of hydrogen-bond donors (Lipinski definition) is 2. The molecule has 2 rings (SSSR count). The first-order valence-corrected chi connectivity index (χ1v) is 9.76. The summed E-state index contributed by atoms with van der Waals surface area (Å²) in [6.07, 6.45) is -4.72. The third kappa shape index (κ3) is 12.6. The maximum absolute atomic E-state index is 10.9. The summed E-state index contributed by atoms with van der Waals surface area (Å²) >= 11 is 3.04. The molecule has 1 unspecified atom stereocenters. The lowest BCUT2D eigenvalue weighted by molar-refractivity contribution is -0.304. The van der Waals surface area contributed by atoms with E-state index < -0.39 is 18.3 Å². The number of halogens is 3. The van der Waals surface area contributed by atoms with E-state index in [-0.39, 0.29) is 12.5 Å². The van der Waals surface area contributed by atoms with Gasteiger partial charge in [-0.15, -0.1) is 24.5 Å². The van der Waals surface area contributed by atoms with Crippen LogP contribution in [-0.2, 0) is 14.3 Å². The number of carboxylic acids is 1. The predicted molar refractivity (Wildman–Crippen MR) is 105 cm³/mol. The number of carbonyl (C=O) groups excluding carboxylic acids is 1. The quantitative estimate of drug-likeness (QED) is 0.396. The van der Waals surface area contributed by atoms with E-state index in [4.69, 9.17) is 5.11 Å². The zero-order valence-electron chi connectivity index (χ0n) is 15.4. The predicted octanol–water partition coefficient (Wildman–Crippen LogP) is 4.68. The zero-order chi connectivity index (χ0) is 21.9. The van der Waals surface area contributed by atoms with Gasteiger partial charge in [0.25, 0.3) is 0 Å². The Labute approximate surface area is 174 Å². The number of nitrogens with one attached hydrogen (secondary N) is 1. The van der Waals surface area contributed by atoms with Crippen molar-refractivity contribution in [3.05, 3.63) is 52.9 Å². The molecule has 0 radical (unpaired) electrons. The van der Waals surface area contributed by atoms with Gasteiger partial charge in [-0.05, 0) is 43.1 Å². The average Bonchev–Trinajstić information content (AvgIpc) is 3.05. The summed E-state index contributed by atoms with van der Waals surface area (Å²) in [5.41, 5.74) is 0.994. The summed E-state index contributed by atoms with van der Waals surface area (Å²) in [6, 6.07) is 13.7. The number of benzene rings is 1. The van der Waals surface area contributed by atoms with Crippen molar-refractivity contribution >= 4 is 35.2 Å². The van der Waals surface area contributed by atoms with Gasteiger partial charge < -0.3 is 9.84 Å². The molecule has 1 heterocycles. The highest BCUT2D eigenvalue weighted by molar-refractivity contribution is 7.99. The van der Waals surface area contributed by atoms with Gasteiger partial charge in [0.1, 0.15) is 0 Å². The van der Waals surface area contributed by atoms with Crippen LogP contribution in [0.5, 0.6) is 0 Å². The smallest absolute Gasteiger partial charge is 0.481 e. The first kappa shape index (κ1) is 24.6. The lowest BCUT2D eigenvalue weighted by atomic mass is 10.2. The van der Waals surface area contributed by atoms with Crippen molar-refractivity contribution in [3.8, 4) is 11.8 Å². The molecule has 0 aliphatic carbocycles. The summed E-state index contributed by atoms with van der Waals surface area (Å²) in [7, 11) is 0. The normalized spacial score (nSPS) is 11.3. The molecule has 1 aromatic heterocycles. The van der Waals surface area contributed by atoms with Crippen LogP contribution in [0.2, 0.25) is 0 Å². The van der Waals surface area contributed by atoms with Gasteiger partial charge in [0.05, 0.1) is 15.5 Å². The number of carbonyl (C=O) groups is 2. The van der Waals surface area contributed by atoms with Crippen molar-refractivity contribution in [1.29, 1.82) is 0 Å². The highest BCUT2D eigenvalue weighted by Crippen LogP contribution is 2.25. The largest absolute Gasteiger partial charge is 0.575 e. The Kier molecular flexibility index (Phi) is 10.3. The second kappa shape index (κ2) is 12.2. The van der Waals surface area contributed by atoms with Gasteiger partial charge in [0, 0.05) is 18.5 Å². The van der Waals surface area contributed by atoms with Crippen LogP contribution in [0.25, 0.3) is 0 Å². The Morgan fingerprint density at radius 1 is 1.21 bits per heavy atom. The molecule has 5 nitrogen and oxygen atoms in total. The molecule has 29 heavy (non-hydrogen) atoms. The highest BCUT2D eigenvalue weighted by atomic mass is 32.2. The molecule has 2 N–H and O–H groups in total. The maximum atomic E-state index is 10.9. The number of alkyl halides is 3. The van der Waals surface area contributed by atoms with Crippen molar-refractivity contribution in [2.75, 3.05) is 0 Å². The number of thiophene rings is 1. The zero-order valence-corrected chi connectivity index (χ0v) is 17.1. The van der Waals surface area contributed by atoms with Gasteiger partial charge in [-0.1, -0.05) is 30.0 Å². The van der Waals surface area contributed by atoms with Crippen LogP contribution in [0.15, 0.2) is 46.7 Å². The first-order chi connectivity index (χ1) is 13.5. The summed E-state index contributed by atoms with van der Waals surface area (Å²) in [5, 5.41) is 8.70. The highest BCUT2D eigenvalue weighted by Gasteiger charge is 2.32. The monoisotopic (exact) mass is 445 g/mol. The third-order valence-corrected chi connectivity index (χ3v) is 4.94. The van der Waals surface area contributed by atoms with Crippen molar-refractivity contribution in [2.45, 2.75) is 36.9 Å². The number of aliphatic carboxylic acids is 1. The van der Waals surface area contributed by atoms with Gasteiger partial charge in [0.2, 0.25) is 0 Å². The van der Waals surface area contributed by atoms with E-state index in [1.807, 2.05) is 49.4 Å². The summed E-state index contributed by atoms with van der Waals surface area (Å²) < 4.78 is 39.6. The Balaban J connectivity index is 0.000000447. The maximum Gasteiger partial charge on any atom is 0.575 e. The van der Waals surface area contributed by atoms with Crippen molar-refractivity contribution in [1.82, 2.24) is 4.72 Å². The van der Waals surface area contributed by atoms with E-state index in [1.165, 1.54) is 11.9 Å². The van der Waals surface area contributed by atoms with Crippen molar-refractivity contribution in [2.24, 2.45) is 0 Å². The SMILES string of the molecule is CC(=O)OC(F)(F)F.CC(CC(=O)O)NSc1ccc(C#Cc2ccccc2)s1. The average molecular weight is 445 g/mol. The number of ether oxygens (including phenoxy) is 1. The molecule has 2 aromatic rings. The van der Waals surface area contributed by atoms with Crippen LogP contribution < -0.4 is 4.72 Å². The molecular weight excluding hydrogens is 427 g/mol. The van der Waals surface area contributed by atoms with Gasteiger partial charge >= 0.3 is 18.3 Å². The van der Waals surface area contributed by atoms with Crippen molar-refractivity contribution in [3.63, 3.8) is 0 Å². The molecule has 1 aromatic carbocycles. The number of hydrogen-bond acceptors (Lipinski definition) is 6. The van der Waals surface area contributed by atoms with Crippen LogP contribution >= 0.6 is 23.3 Å². The van der Waals surface area contributed by atoms with E-state index in [0.29, 0.717) is 6.92 Å². The summed E-state index contributed by atoms with van der Waals surface area (Å²) in [6.45, 7) is 2.54. The lowest BCUT2D eigenvalue weighted by Gasteiger charge is -2.08. The van der Waals surface area contributed by atoms with Gasteiger partial charge in [-0.25, -0.2) is 0 Å². The van der Waals surface area contributed by atoms with Crippen LogP contribution in [0.3, 0.4) is 0 Å². The second-order valence-electron chi connectivity index (χ2n) is 5.49. The molecule has 0 spiro atoms. The van der Waals surface area contributed by atoms with Gasteiger partial charge in [-0.2, -0.15) is 0 Å². The van der Waals surface area contributed by atoms with Crippen LogP contribution in [0, 0.1) is 11.8 Å². The molecule has 156 valence electrons. The van der Waals surface area contributed by atoms with E-state index in [2.05, 4.69) is 21.3 Å². The van der Waals surface area contributed by atoms with E-state index in [0.717, 1.165) is 14.6 Å². The molecule has 0 aliphatic heterocycles. The van der Waals surface area contributed by atoms with E-state index >= 15 is 0 Å². The third-order valence-electron chi connectivity index (χ3n) is 2.79. The number of esters is 1. The molecular formula is C19H18F3NO4S2. The Bertz CT molecular complexity index is 858. The van der Waals surface area contributed by atoms with Crippen LogP contribution in [-0.4, -0.2) is 29.4 Å². The minimum absolute atomic E-state index is 0.0755. The Hall–Kier alpha value is -2.48. The number of carboxylic acid groups (broad SMARTS) is 1. The minimum Gasteiger partial charge on any atom is -0.481 e. The molecule has 0 bridgehead atoms. The molecule has 1 atom stereocenters. The van der Waals surface area contributed by atoms with Gasteiger partial charge in [-0.3, -0.25) is 14.3 Å².